The fourth-order valence-corrected chi connectivity index (χ4v) is 1.89. The average Bonchev–Trinajstić information content (AvgIpc) is 2.42. The SMILES string of the molecule is COCCN(CCOC)Cc1cc(F)ccc1CN. The molecule has 0 aromatic heterocycles. The minimum absolute atomic E-state index is 0.231. The van der Waals surface area contributed by atoms with Gasteiger partial charge in [0.2, 0.25) is 0 Å². The second-order valence-electron chi connectivity index (χ2n) is 4.38. The van der Waals surface area contributed by atoms with Crippen molar-refractivity contribution < 1.29 is 13.9 Å². The molecular formula is C14H23FN2O2. The molecule has 108 valence electrons. The van der Waals surface area contributed by atoms with E-state index < -0.39 is 0 Å². The van der Waals surface area contributed by atoms with Crippen molar-refractivity contribution >= 4 is 0 Å². The Kier molecular flexibility index (Phi) is 7.59. The maximum absolute atomic E-state index is 13.3. The monoisotopic (exact) mass is 270 g/mol. The molecule has 1 aromatic carbocycles. The lowest BCUT2D eigenvalue weighted by Gasteiger charge is -2.23. The number of hydrogen-bond donors (Lipinski definition) is 1. The van der Waals surface area contributed by atoms with Crippen molar-refractivity contribution in [2.45, 2.75) is 13.1 Å². The molecule has 19 heavy (non-hydrogen) atoms. The first-order valence-corrected chi connectivity index (χ1v) is 6.38. The summed E-state index contributed by atoms with van der Waals surface area (Å²) in [4.78, 5) is 2.17. The van der Waals surface area contributed by atoms with Crippen LogP contribution >= 0.6 is 0 Å². The number of nitrogens with zero attached hydrogens (tertiary/aromatic N) is 1. The van der Waals surface area contributed by atoms with E-state index in [1.807, 2.05) is 0 Å². The molecule has 1 aromatic rings. The smallest absolute Gasteiger partial charge is 0.123 e. The Morgan fingerprint density at radius 2 is 1.74 bits per heavy atom. The third kappa shape index (κ3) is 5.65. The van der Waals surface area contributed by atoms with Crippen LogP contribution in [0.1, 0.15) is 11.1 Å². The van der Waals surface area contributed by atoms with Gasteiger partial charge in [0.1, 0.15) is 5.82 Å². The minimum atomic E-state index is -0.231. The van der Waals surface area contributed by atoms with E-state index >= 15 is 0 Å². The summed E-state index contributed by atoms with van der Waals surface area (Å²) < 4.78 is 23.5. The zero-order valence-electron chi connectivity index (χ0n) is 11.7. The Labute approximate surface area is 114 Å². The van der Waals surface area contributed by atoms with Crippen molar-refractivity contribution in [3.05, 3.63) is 35.1 Å². The number of ether oxygens (including phenoxy) is 2. The van der Waals surface area contributed by atoms with Crippen LogP contribution in [0.25, 0.3) is 0 Å². The number of hydrogen-bond acceptors (Lipinski definition) is 4. The predicted molar refractivity (Wildman–Crippen MR) is 73.3 cm³/mol. The van der Waals surface area contributed by atoms with Crippen molar-refractivity contribution in [2.75, 3.05) is 40.5 Å². The first kappa shape index (κ1) is 16.0. The van der Waals surface area contributed by atoms with E-state index in [4.69, 9.17) is 15.2 Å². The van der Waals surface area contributed by atoms with E-state index in [1.165, 1.54) is 6.07 Å². The average molecular weight is 270 g/mol. The highest BCUT2D eigenvalue weighted by atomic mass is 19.1. The second-order valence-corrected chi connectivity index (χ2v) is 4.38. The third-order valence-electron chi connectivity index (χ3n) is 3.01. The van der Waals surface area contributed by atoms with Gasteiger partial charge in [-0.25, -0.2) is 4.39 Å². The van der Waals surface area contributed by atoms with Crippen LogP contribution in [0.3, 0.4) is 0 Å². The molecule has 0 saturated heterocycles. The number of nitrogens with two attached hydrogens (primary N) is 1. The van der Waals surface area contributed by atoms with Gasteiger partial charge in [-0.2, -0.15) is 0 Å². The Balaban J connectivity index is 2.72. The molecule has 0 aliphatic rings. The molecule has 0 amide bonds. The van der Waals surface area contributed by atoms with Crippen molar-refractivity contribution in [3.63, 3.8) is 0 Å². The third-order valence-corrected chi connectivity index (χ3v) is 3.01. The van der Waals surface area contributed by atoms with E-state index in [9.17, 15) is 4.39 Å². The van der Waals surface area contributed by atoms with E-state index in [0.29, 0.717) is 26.3 Å². The highest BCUT2D eigenvalue weighted by Gasteiger charge is 2.09. The number of halogens is 1. The highest BCUT2D eigenvalue weighted by molar-refractivity contribution is 5.27. The van der Waals surface area contributed by atoms with Gasteiger partial charge in [0.15, 0.2) is 0 Å². The summed E-state index contributed by atoms with van der Waals surface area (Å²) >= 11 is 0. The van der Waals surface area contributed by atoms with E-state index in [1.54, 1.807) is 26.4 Å². The minimum Gasteiger partial charge on any atom is -0.383 e. The van der Waals surface area contributed by atoms with Gasteiger partial charge in [-0.3, -0.25) is 4.90 Å². The fraction of sp³-hybridized carbons (Fsp3) is 0.571. The van der Waals surface area contributed by atoms with Crippen LogP contribution in [0.4, 0.5) is 4.39 Å². The molecule has 0 saturated carbocycles. The predicted octanol–water partition coefficient (Wildman–Crippen LogP) is 1.38. The zero-order chi connectivity index (χ0) is 14.1. The Morgan fingerprint density at radius 3 is 2.26 bits per heavy atom. The molecule has 0 bridgehead atoms. The number of benzene rings is 1. The number of rotatable bonds is 9. The van der Waals surface area contributed by atoms with Gasteiger partial charge in [0.05, 0.1) is 13.2 Å². The summed E-state index contributed by atoms with van der Waals surface area (Å²) in [7, 11) is 3.34. The molecule has 0 heterocycles. The molecule has 0 aliphatic carbocycles. The van der Waals surface area contributed by atoms with Crippen LogP contribution in [0.5, 0.6) is 0 Å². The van der Waals surface area contributed by atoms with Gasteiger partial charge in [0.25, 0.3) is 0 Å². The molecule has 1 rings (SSSR count). The summed E-state index contributed by atoms with van der Waals surface area (Å²) in [5.74, 6) is -0.231. The van der Waals surface area contributed by atoms with Crippen molar-refractivity contribution in [3.8, 4) is 0 Å². The maximum atomic E-state index is 13.3. The van der Waals surface area contributed by atoms with E-state index in [2.05, 4.69) is 4.90 Å². The quantitative estimate of drug-likeness (QED) is 0.736. The topological polar surface area (TPSA) is 47.7 Å². The van der Waals surface area contributed by atoms with Crippen LogP contribution < -0.4 is 5.73 Å². The van der Waals surface area contributed by atoms with Gasteiger partial charge < -0.3 is 15.2 Å². The molecule has 5 heteroatoms. The van der Waals surface area contributed by atoms with Gasteiger partial charge in [-0.15, -0.1) is 0 Å². The Bertz CT molecular complexity index is 366. The van der Waals surface area contributed by atoms with Crippen LogP contribution in [0, 0.1) is 5.82 Å². The normalized spacial score (nSPS) is 11.2. The van der Waals surface area contributed by atoms with Gasteiger partial charge in [-0.1, -0.05) is 6.07 Å². The summed E-state index contributed by atoms with van der Waals surface area (Å²) in [6, 6.07) is 4.74. The first-order chi connectivity index (χ1) is 9.21. The summed E-state index contributed by atoms with van der Waals surface area (Å²) in [6.45, 7) is 3.89. The first-order valence-electron chi connectivity index (χ1n) is 6.38. The Morgan fingerprint density at radius 1 is 1.11 bits per heavy atom. The summed E-state index contributed by atoms with van der Waals surface area (Å²) in [5, 5.41) is 0. The summed E-state index contributed by atoms with van der Waals surface area (Å²) in [5.41, 5.74) is 7.59. The molecule has 0 atom stereocenters. The van der Waals surface area contributed by atoms with Gasteiger partial charge in [0, 0.05) is 40.4 Å². The van der Waals surface area contributed by atoms with Crippen LogP contribution in [-0.2, 0) is 22.6 Å². The van der Waals surface area contributed by atoms with Crippen molar-refractivity contribution in [2.24, 2.45) is 5.73 Å². The lowest BCUT2D eigenvalue weighted by atomic mass is 10.1. The molecule has 0 radical (unpaired) electrons. The van der Waals surface area contributed by atoms with Gasteiger partial charge >= 0.3 is 0 Å². The largest absolute Gasteiger partial charge is 0.383 e. The van der Waals surface area contributed by atoms with Crippen LogP contribution in [-0.4, -0.2) is 45.4 Å². The Hall–Kier alpha value is -1.01. The lowest BCUT2D eigenvalue weighted by molar-refractivity contribution is 0.110. The summed E-state index contributed by atoms with van der Waals surface area (Å²) in [6.07, 6.45) is 0. The molecule has 0 fully saturated rings. The molecule has 2 N–H and O–H groups in total. The zero-order valence-corrected chi connectivity index (χ0v) is 11.7. The fourth-order valence-electron chi connectivity index (χ4n) is 1.89. The van der Waals surface area contributed by atoms with E-state index in [-0.39, 0.29) is 5.82 Å². The number of methoxy groups -OCH3 is 2. The molecular weight excluding hydrogens is 247 g/mol. The van der Waals surface area contributed by atoms with Gasteiger partial charge in [-0.05, 0) is 23.3 Å². The second kappa shape index (κ2) is 8.98. The lowest BCUT2D eigenvalue weighted by Crippen LogP contribution is -2.30. The molecule has 0 aliphatic heterocycles. The van der Waals surface area contributed by atoms with Crippen molar-refractivity contribution in [1.82, 2.24) is 4.90 Å². The van der Waals surface area contributed by atoms with Crippen LogP contribution in [0.15, 0.2) is 18.2 Å². The van der Waals surface area contributed by atoms with Crippen molar-refractivity contribution in [1.29, 1.82) is 0 Å². The molecule has 0 spiro atoms. The molecule has 4 nitrogen and oxygen atoms in total. The molecule has 0 unspecified atom stereocenters. The highest BCUT2D eigenvalue weighted by Crippen LogP contribution is 2.13. The van der Waals surface area contributed by atoms with E-state index in [0.717, 1.165) is 24.2 Å². The van der Waals surface area contributed by atoms with Crippen LogP contribution in [0.2, 0.25) is 0 Å². The standard InChI is InChI=1S/C14H23FN2O2/c1-18-7-5-17(6-8-19-2)11-13-9-14(15)4-3-12(13)10-16/h3-4,9H,5-8,10-11,16H2,1-2H3. The maximum Gasteiger partial charge on any atom is 0.123 e.